The van der Waals surface area contributed by atoms with Gasteiger partial charge in [-0.2, -0.15) is 0 Å². The minimum atomic E-state index is -0.305. The van der Waals surface area contributed by atoms with E-state index in [4.69, 9.17) is 9.47 Å². The highest BCUT2D eigenvalue weighted by Crippen LogP contribution is 2.44. The van der Waals surface area contributed by atoms with Gasteiger partial charge in [-0.3, -0.25) is 4.79 Å². The number of hydrogen-bond acceptors (Lipinski definition) is 3. The van der Waals surface area contributed by atoms with Crippen LogP contribution >= 0.6 is 0 Å². The van der Waals surface area contributed by atoms with Gasteiger partial charge in [-0.25, -0.2) is 4.39 Å². The number of carbonyl (C=O) groups excluding carboxylic acids is 1. The van der Waals surface area contributed by atoms with E-state index >= 15 is 0 Å². The van der Waals surface area contributed by atoms with Crippen molar-refractivity contribution in [1.29, 1.82) is 0 Å². The Hall–Kier alpha value is -1.62. The summed E-state index contributed by atoms with van der Waals surface area (Å²) in [5, 5.41) is 3.01. The van der Waals surface area contributed by atoms with Gasteiger partial charge in [0.1, 0.15) is 18.2 Å². The smallest absolute Gasteiger partial charge is 0.223 e. The molecule has 1 N–H and O–H groups in total. The standard InChI is InChI=1S/C20H28FNO3/c1-14-2-7-17(21)13-19(14)25-11-10-24-9-8-22-20(23)18-12-15-3-5-16(18)6-4-15/h2,7,13,15-16,18H,3-6,8-12H2,1H3,(H,22,23). The quantitative estimate of drug-likeness (QED) is 0.731. The van der Waals surface area contributed by atoms with Gasteiger partial charge in [-0.15, -0.1) is 0 Å². The molecule has 0 spiro atoms. The summed E-state index contributed by atoms with van der Waals surface area (Å²) in [6.07, 6.45) is 6.12. The van der Waals surface area contributed by atoms with Gasteiger partial charge in [0, 0.05) is 18.5 Å². The van der Waals surface area contributed by atoms with Gasteiger partial charge >= 0.3 is 0 Å². The fourth-order valence-electron chi connectivity index (χ4n) is 4.12. The van der Waals surface area contributed by atoms with Crippen LogP contribution in [-0.2, 0) is 9.53 Å². The maximum atomic E-state index is 13.2. The van der Waals surface area contributed by atoms with Crippen molar-refractivity contribution in [1.82, 2.24) is 5.32 Å². The van der Waals surface area contributed by atoms with Crippen molar-refractivity contribution in [2.24, 2.45) is 17.8 Å². The minimum absolute atomic E-state index is 0.199. The Bertz CT molecular complexity index is 584. The molecule has 5 heteroatoms. The molecule has 0 radical (unpaired) electrons. The lowest BCUT2D eigenvalue weighted by Crippen LogP contribution is -2.42. The maximum absolute atomic E-state index is 13.2. The van der Waals surface area contributed by atoms with Crippen LogP contribution in [-0.4, -0.2) is 32.3 Å². The summed E-state index contributed by atoms with van der Waals surface area (Å²) >= 11 is 0. The number of halogens is 1. The molecule has 3 aliphatic carbocycles. The third kappa shape index (κ3) is 4.94. The molecule has 1 amide bonds. The number of fused-ring (bicyclic) bond motifs is 3. The first-order valence-electron chi connectivity index (χ1n) is 9.38. The number of amides is 1. The van der Waals surface area contributed by atoms with E-state index in [-0.39, 0.29) is 17.6 Å². The molecule has 0 aliphatic heterocycles. The van der Waals surface area contributed by atoms with E-state index in [2.05, 4.69) is 5.32 Å². The highest BCUT2D eigenvalue weighted by Gasteiger charge is 2.39. The Labute approximate surface area is 149 Å². The van der Waals surface area contributed by atoms with Gasteiger partial charge in [0.2, 0.25) is 5.91 Å². The number of benzene rings is 1. The summed E-state index contributed by atoms with van der Waals surface area (Å²) < 4.78 is 24.2. The van der Waals surface area contributed by atoms with Crippen LogP contribution in [0.1, 0.15) is 37.7 Å². The first kappa shape index (κ1) is 18.2. The molecule has 1 aromatic rings. The summed E-state index contributed by atoms with van der Waals surface area (Å²) in [6, 6.07) is 4.49. The van der Waals surface area contributed by atoms with Gasteiger partial charge in [-0.05, 0) is 49.7 Å². The summed E-state index contributed by atoms with van der Waals surface area (Å²) in [5.74, 6) is 2.01. The van der Waals surface area contributed by atoms with Crippen molar-refractivity contribution in [2.75, 3.05) is 26.4 Å². The number of ether oxygens (including phenoxy) is 2. The highest BCUT2D eigenvalue weighted by atomic mass is 19.1. The fourth-order valence-corrected chi connectivity index (χ4v) is 4.12. The minimum Gasteiger partial charge on any atom is -0.491 e. The average Bonchev–Trinajstić information content (AvgIpc) is 2.64. The first-order valence-corrected chi connectivity index (χ1v) is 9.38. The van der Waals surface area contributed by atoms with E-state index < -0.39 is 0 Å². The van der Waals surface area contributed by atoms with Crippen molar-refractivity contribution in [3.05, 3.63) is 29.6 Å². The lowest BCUT2D eigenvalue weighted by Gasteiger charge is -2.41. The van der Waals surface area contributed by atoms with E-state index in [1.165, 1.54) is 37.8 Å². The lowest BCUT2D eigenvalue weighted by molar-refractivity contribution is -0.130. The van der Waals surface area contributed by atoms with Crippen molar-refractivity contribution in [3.8, 4) is 5.75 Å². The van der Waals surface area contributed by atoms with Crippen LogP contribution in [0.4, 0.5) is 4.39 Å². The van der Waals surface area contributed by atoms with E-state index in [1.807, 2.05) is 6.92 Å². The van der Waals surface area contributed by atoms with E-state index in [0.29, 0.717) is 38.0 Å². The molecular formula is C20H28FNO3. The molecule has 3 fully saturated rings. The van der Waals surface area contributed by atoms with Crippen LogP contribution in [0.3, 0.4) is 0 Å². The second kappa shape index (κ2) is 8.65. The van der Waals surface area contributed by atoms with Crippen LogP contribution in [0.15, 0.2) is 18.2 Å². The molecule has 1 atom stereocenters. The topological polar surface area (TPSA) is 47.6 Å². The second-order valence-corrected chi connectivity index (χ2v) is 7.28. The molecular weight excluding hydrogens is 321 g/mol. The van der Waals surface area contributed by atoms with Crippen molar-refractivity contribution >= 4 is 5.91 Å². The van der Waals surface area contributed by atoms with Gasteiger partial charge in [-0.1, -0.05) is 18.9 Å². The molecule has 3 aliphatic rings. The van der Waals surface area contributed by atoms with E-state index in [0.717, 1.165) is 17.9 Å². The first-order chi connectivity index (χ1) is 12.1. The third-order valence-electron chi connectivity index (χ3n) is 5.57. The number of nitrogens with one attached hydrogen (secondary N) is 1. The van der Waals surface area contributed by atoms with Gasteiger partial charge in [0.15, 0.2) is 0 Å². The summed E-state index contributed by atoms with van der Waals surface area (Å²) in [5.41, 5.74) is 0.899. The molecule has 0 aromatic heterocycles. The third-order valence-corrected chi connectivity index (χ3v) is 5.57. The number of rotatable bonds is 8. The van der Waals surface area contributed by atoms with Gasteiger partial charge in [0.25, 0.3) is 0 Å². The predicted molar refractivity (Wildman–Crippen MR) is 94.0 cm³/mol. The van der Waals surface area contributed by atoms with Crippen LogP contribution in [0.25, 0.3) is 0 Å². The SMILES string of the molecule is Cc1ccc(F)cc1OCCOCCNC(=O)C1CC2CCC1CC2. The number of aryl methyl sites for hydroxylation is 1. The van der Waals surface area contributed by atoms with Crippen LogP contribution in [0, 0.1) is 30.5 Å². The number of carbonyl (C=O) groups is 1. The Morgan fingerprint density at radius 1 is 1.20 bits per heavy atom. The van der Waals surface area contributed by atoms with Gasteiger partial charge in [0.05, 0.1) is 13.2 Å². The largest absolute Gasteiger partial charge is 0.491 e. The predicted octanol–water partition coefficient (Wildman–Crippen LogP) is 3.47. The lowest BCUT2D eigenvalue weighted by atomic mass is 9.64. The Balaban J connectivity index is 1.26. The van der Waals surface area contributed by atoms with Crippen molar-refractivity contribution < 1.29 is 18.7 Å². The molecule has 4 nitrogen and oxygen atoms in total. The zero-order valence-electron chi connectivity index (χ0n) is 14.9. The molecule has 25 heavy (non-hydrogen) atoms. The summed E-state index contributed by atoms with van der Waals surface area (Å²) in [4.78, 5) is 12.3. The molecule has 0 heterocycles. The fraction of sp³-hybridized carbons (Fsp3) is 0.650. The molecule has 138 valence electrons. The van der Waals surface area contributed by atoms with E-state index in [9.17, 15) is 9.18 Å². The highest BCUT2D eigenvalue weighted by molar-refractivity contribution is 5.79. The summed E-state index contributed by atoms with van der Waals surface area (Å²) in [6.45, 7) is 3.66. The molecule has 1 unspecified atom stereocenters. The van der Waals surface area contributed by atoms with Gasteiger partial charge < -0.3 is 14.8 Å². The monoisotopic (exact) mass is 349 g/mol. The van der Waals surface area contributed by atoms with Crippen LogP contribution in [0.2, 0.25) is 0 Å². The zero-order chi connectivity index (χ0) is 17.6. The number of hydrogen-bond donors (Lipinski definition) is 1. The molecule has 0 saturated heterocycles. The Morgan fingerprint density at radius 2 is 2.00 bits per heavy atom. The molecule has 2 bridgehead atoms. The van der Waals surface area contributed by atoms with Crippen LogP contribution < -0.4 is 10.1 Å². The van der Waals surface area contributed by atoms with Crippen molar-refractivity contribution in [2.45, 2.75) is 39.0 Å². The average molecular weight is 349 g/mol. The molecule has 1 aromatic carbocycles. The molecule has 3 saturated carbocycles. The maximum Gasteiger partial charge on any atom is 0.223 e. The van der Waals surface area contributed by atoms with Crippen molar-refractivity contribution in [3.63, 3.8) is 0 Å². The zero-order valence-corrected chi connectivity index (χ0v) is 14.9. The Morgan fingerprint density at radius 3 is 2.72 bits per heavy atom. The Kier molecular flexibility index (Phi) is 6.29. The van der Waals surface area contributed by atoms with E-state index in [1.54, 1.807) is 6.07 Å². The normalized spacial score (nSPS) is 25.0. The molecule has 4 rings (SSSR count). The second-order valence-electron chi connectivity index (χ2n) is 7.28. The van der Waals surface area contributed by atoms with Crippen LogP contribution in [0.5, 0.6) is 5.75 Å². The summed E-state index contributed by atoms with van der Waals surface area (Å²) in [7, 11) is 0.